The number of ether oxygens (including phenoxy) is 1. The minimum atomic E-state index is -0.346. The van der Waals surface area contributed by atoms with Crippen molar-refractivity contribution >= 4 is 29.8 Å². The summed E-state index contributed by atoms with van der Waals surface area (Å²) >= 11 is 0. The Morgan fingerprint density at radius 2 is 1.68 bits per heavy atom. The predicted molar refractivity (Wildman–Crippen MR) is 139 cm³/mol. The zero-order valence-corrected chi connectivity index (χ0v) is 20.7. The van der Waals surface area contributed by atoms with Crippen molar-refractivity contribution in [2.24, 2.45) is 0 Å². The Kier molecular flexibility index (Phi) is 6.86. The Bertz CT molecular complexity index is 1330. The van der Waals surface area contributed by atoms with Crippen LogP contribution in [0.15, 0.2) is 66.7 Å². The van der Waals surface area contributed by atoms with Gasteiger partial charge in [0.05, 0.1) is 29.0 Å². The van der Waals surface area contributed by atoms with Crippen LogP contribution in [-0.2, 0) is 17.6 Å². The van der Waals surface area contributed by atoms with E-state index in [1.165, 1.54) is 4.90 Å². The molecular weight excluding hydrogens is 468 g/mol. The molecule has 0 saturated carbocycles. The van der Waals surface area contributed by atoms with E-state index in [0.29, 0.717) is 48.2 Å². The number of aldehydes is 1. The van der Waals surface area contributed by atoms with Crippen molar-refractivity contribution in [3.63, 3.8) is 0 Å². The van der Waals surface area contributed by atoms with E-state index in [-0.39, 0.29) is 23.8 Å². The summed E-state index contributed by atoms with van der Waals surface area (Å²) in [6, 6.07) is 19.4. The number of hydrogen-bond donors (Lipinski definition) is 0. The number of fused-ring (bicyclic) bond motifs is 2. The van der Waals surface area contributed by atoms with Crippen LogP contribution in [0.1, 0.15) is 65.9 Å². The second-order valence-electron chi connectivity index (χ2n) is 9.48. The van der Waals surface area contributed by atoms with Crippen LogP contribution in [0.4, 0.5) is 5.69 Å². The van der Waals surface area contributed by atoms with Gasteiger partial charge < -0.3 is 9.64 Å². The van der Waals surface area contributed by atoms with Crippen molar-refractivity contribution in [3.8, 4) is 0 Å². The van der Waals surface area contributed by atoms with Gasteiger partial charge in [-0.3, -0.25) is 19.3 Å². The van der Waals surface area contributed by atoms with Gasteiger partial charge in [-0.2, -0.15) is 0 Å². The first kappa shape index (κ1) is 24.4. The van der Waals surface area contributed by atoms with E-state index in [2.05, 4.69) is 11.0 Å². The van der Waals surface area contributed by atoms with Gasteiger partial charge in [0, 0.05) is 24.7 Å². The lowest BCUT2D eigenvalue weighted by atomic mass is 9.98. The molecular formula is C30H28N2O5. The van der Waals surface area contributed by atoms with Gasteiger partial charge in [-0.05, 0) is 67.6 Å². The number of hydrogen-bond acceptors (Lipinski definition) is 6. The molecule has 0 radical (unpaired) electrons. The molecule has 1 atom stereocenters. The molecule has 2 aliphatic heterocycles. The minimum Gasteiger partial charge on any atom is -0.462 e. The Hall–Kier alpha value is -4.26. The van der Waals surface area contributed by atoms with Crippen LogP contribution in [0.2, 0.25) is 0 Å². The number of carbonyl (C=O) groups excluding carboxylic acids is 4. The number of rotatable bonds is 9. The van der Waals surface area contributed by atoms with E-state index in [4.69, 9.17) is 4.74 Å². The van der Waals surface area contributed by atoms with Gasteiger partial charge in [0.2, 0.25) is 0 Å². The highest BCUT2D eigenvalue weighted by Crippen LogP contribution is 2.34. The smallest absolute Gasteiger partial charge is 0.338 e. The van der Waals surface area contributed by atoms with E-state index in [9.17, 15) is 19.2 Å². The molecule has 3 aromatic carbocycles. The van der Waals surface area contributed by atoms with E-state index >= 15 is 0 Å². The lowest BCUT2D eigenvalue weighted by molar-refractivity contribution is 0.0500. The van der Waals surface area contributed by atoms with E-state index in [1.807, 2.05) is 19.1 Å². The van der Waals surface area contributed by atoms with Crippen molar-refractivity contribution < 1.29 is 23.9 Å². The fourth-order valence-electron chi connectivity index (χ4n) is 5.28. The zero-order chi connectivity index (χ0) is 25.9. The summed E-state index contributed by atoms with van der Waals surface area (Å²) in [5.41, 5.74) is 4.92. The Morgan fingerprint density at radius 3 is 2.35 bits per heavy atom. The van der Waals surface area contributed by atoms with Gasteiger partial charge in [-0.25, -0.2) is 4.79 Å². The van der Waals surface area contributed by atoms with Gasteiger partial charge >= 0.3 is 5.97 Å². The lowest BCUT2D eigenvalue weighted by Gasteiger charge is -2.24. The van der Waals surface area contributed by atoms with E-state index < -0.39 is 0 Å². The van der Waals surface area contributed by atoms with Gasteiger partial charge in [-0.1, -0.05) is 36.4 Å². The van der Waals surface area contributed by atoms with Crippen molar-refractivity contribution in [1.29, 1.82) is 0 Å². The number of esters is 1. The maximum Gasteiger partial charge on any atom is 0.338 e. The van der Waals surface area contributed by atoms with Gasteiger partial charge in [-0.15, -0.1) is 0 Å². The molecule has 0 N–H and O–H groups in total. The fraction of sp³-hybridized carbons (Fsp3) is 0.267. The number of imide groups is 1. The van der Waals surface area contributed by atoms with Crippen molar-refractivity contribution in [2.45, 2.75) is 32.2 Å². The van der Waals surface area contributed by atoms with Crippen LogP contribution >= 0.6 is 0 Å². The number of benzene rings is 3. The maximum absolute atomic E-state index is 12.9. The average Bonchev–Trinajstić information content (AvgIpc) is 3.44. The van der Waals surface area contributed by atoms with Crippen molar-refractivity contribution in [2.75, 3.05) is 24.6 Å². The third-order valence-electron chi connectivity index (χ3n) is 6.98. The number of anilines is 1. The lowest BCUT2D eigenvalue weighted by Crippen LogP contribution is -2.39. The van der Waals surface area contributed by atoms with Gasteiger partial charge in [0.15, 0.2) is 6.29 Å². The third kappa shape index (κ3) is 4.77. The molecule has 0 spiro atoms. The van der Waals surface area contributed by atoms with Crippen molar-refractivity contribution in [3.05, 3.63) is 100 Å². The molecule has 2 amide bonds. The average molecular weight is 497 g/mol. The van der Waals surface area contributed by atoms with Crippen LogP contribution < -0.4 is 4.90 Å². The first-order chi connectivity index (χ1) is 18.0. The predicted octanol–water partition coefficient (Wildman–Crippen LogP) is 4.34. The molecule has 2 heterocycles. The summed E-state index contributed by atoms with van der Waals surface area (Å²) in [5, 5.41) is 0. The largest absolute Gasteiger partial charge is 0.462 e. The summed E-state index contributed by atoms with van der Waals surface area (Å²) < 4.78 is 5.39. The van der Waals surface area contributed by atoms with Crippen LogP contribution in [0.5, 0.6) is 0 Å². The standard InChI is InChI=1S/C30H28N2O5/c1-20(32-28(34)25-10-5-6-11-26(25)29(32)35)16-21-17-23-12-14-31(27(23)24(18-21)19-33)13-7-15-37-30(36)22-8-3-2-4-9-22/h2-6,8-11,17-20H,7,12-16H2,1H3/t20-/m1/s1. The van der Waals surface area contributed by atoms with Crippen LogP contribution in [0.25, 0.3) is 0 Å². The molecule has 7 nitrogen and oxygen atoms in total. The SMILES string of the molecule is C[C@H](Cc1cc(C=O)c2c(c1)CCN2CCCOC(=O)c1ccccc1)N1C(=O)c2ccccc2C1=O. The summed E-state index contributed by atoms with van der Waals surface area (Å²) in [5.74, 6) is -0.888. The Labute approximate surface area is 215 Å². The quantitative estimate of drug-likeness (QED) is 0.190. The molecule has 0 fully saturated rings. The molecule has 7 heteroatoms. The van der Waals surface area contributed by atoms with Crippen LogP contribution in [0.3, 0.4) is 0 Å². The van der Waals surface area contributed by atoms with E-state index in [0.717, 1.165) is 36.1 Å². The van der Waals surface area contributed by atoms with E-state index in [1.54, 1.807) is 48.5 Å². The molecule has 3 aromatic rings. The highest BCUT2D eigenvalue weighted by atomic mass is 16.5. The highest BCUT2D eigenvalue weighted by Gasteiger charge is 2.38. The van der Waals surface area contributed by atoms with Crippen LogP contribution in [0, 0.1) is 0 Å². The normalized spacial score (nSPS) is 14.9. The summed E-state index contributed by atoms with van der Waals surface area (Å²) in [4.78, 5) is 53.3. The summed E-state index contributed by atoms with van der Waals surface area (Å²) in [7, 11) is 0. The van der Waals surface area contributed by atoms with Gasteiger partial charge in [0.1, 0.15) is 0 Å². The molecule has 0 saturated heterocycles. The number of carbonyl (C=O) groups is 4. The molecule has 5 rings (SSSR count). The number of nitrogens with zero attached hydrogens (tertiary/aromatic N) is 2. The Balaban J connectivity index is 1.23. The zero-order valence-electron chi connectivity index (χ0n) is 20.7. The molecule has 0 aliphatic carbocycles. The topological polar surface area (TPSA) is 84.0 Å². The summed E-state index contributed by atoms with van der Waals surface area (Å²) in [6.45, 7) is 3.60. The second kappa shape index (κ2) is 10.4. The minimum absolute atomic E-state index is 0.274. The molecule has 2 aliphatic rings. The maximum atomic E-state index is 12.9. The molecule has 37 heavy (non-hydrogen) atoms. The molecule has 0 unspecified atom stereocenters. The third-order valence-corrected chi connectivity index (χ3v) is 6.98. The number of amides is 2. The fourth-order valence-corrected chi connectivity index (χ4v) is 5.28. The van der Waals surface area contributed by atoms with Crippen molar-refractivity contribution in [1.82, 2.24) is 4.90 Å². The Morgan fingerprint density at radius 1 is 1.00 bits per heavy atom. The molecule has 188 valence electrons. The van der Waals surface area contributed by atoms with Crippen LogP contribution in [-0.4, -0.2) is 54.7 Å². The monoisotopic (exact) mass is 496 g/mol. The first-order valence-electron chi connectivity index (χ1n) is 12.5. The summed E-state index contributed by atoms with van der Waals surface area (Å²) in [6.07, 6.45) is 2.78. The first-order valence-corrected chi connectivity index (χ1v) is 12.5. The second-order valence-corrected chi connectivity index (χ2v) is 9.48. The van der Waals surface area contributed by atoms with Gasteiger partial charge in [0.25, 0.3) is 11.8 Å². The molecule has 0 aromatic heterocycles. The highest BCUT2D eigenvalue weighted by molar-refractivity contribution is 6.21. The molecule has 0 bridgehead atoms.